The molecule has 1 aliphatic rings. The third kappa shape index (κ3) is 3.47. The molecule has 1 fully saturated rings. The van der Waals surface area contributed by atoms with Crippen molar-refractivity contribution in [2.45, 2.75) is 24.7 Å². The maximum Gasteiger partial charge on any atom is 0.237 e. The SMILES string of the molecule is COc1ccccc1Cc1noc(C2(c3ccccc3)CCN(C)CC2)n1. The Hall–Kier alpha value is -2.66. The fraction of sp³-hybridized carbons (Fsp3) is 0.364. The lowest BCUT2D eigenvalue weighted by atomic mass is 9.72. The topological polar surface area (TPSA) is 51.4 Å². The number of rotatable bonds is 5. The summed E-state index contributed by atoms with van der Waals surface area (Å²) in [5.74, 6) is 2.27. The second-order valence-corrected chi connectivity index (χ2v) is 7.26. The molecule has 2 heterocycles. The van der Waals surface area contributed by atoms with E-state index in [4.69, 9.17) is 14.2 Å². The van der Waals surface area contributed by atoms with E-state index in [1.165, 1.54) is 5.56 Å². The molecule has 4 rings (SSSR count). The summed E-state index contributed by atoms with van der Waals surface area (Å²) in [6.45, 7) is 2.03. The molecule has 140 valence electrons. The van der Waals surface area contributed by atoms with Gasteiger partial charge in [-0.15, -0.1) is 0 Å². The quantitative estimate of drug-likeness (QED) is 0.692. The first-order valence-electron chi connectivity index (χ1n) is 9.40. The second kappa shape index (κ2) is 7.53. The van der Waals surface area contributed by atoms with Crippen LogP contribution >= 0.6 is 0 Å². The highest BCUT2D eigenvalue weighted by molar-refractivity contribution is 5.36. The van der Waals surface area contributed by atoms with Crippen molar-refractivity contribution in [2.24, 2.45) is 0 Å². The first kappa shape index (κ1) is 17.7. The number of aromatic nitrogens is 2. The Morgan fingerprint density at radius 3 is 2.48 bits per heavy atom. The van der Waals surface area contributed by atoms with E-state index in [9.17, 15) is 0 Å². The highest BCUT2D eigenvalue weighted by Crippen LogP contribution is 2.40. The lowest BCUT2D eigenvalue weighted by molar-refractivity contribution is 0.179. The average molecular weight is 363 g/mol. The first-order valence-corrected chi connectivity index (χ1v) is 9.40. The van der Waals surface area contributed by atoms with Gasteiger partial charge in [0.1, 0.15) is 5.75 Å². The summed E-state index contributed by atoms with van der Waals surface area (Å²) in [7, 11) is 3.85. The minimum atomic E-state index is -0.209. The average Bonchev–Trinajstić information content (AvgIpc) is 3.19. The summed E-state index contributed by atoms with van der Waals surface area (Å²) in [6.07, 6.45) is 2.55. The van der Waals surface area contributed by atoms with Gasteiger partial charge in [-0.25, -0.2) is 0 Å². The molecular formula is C22H25N3O2. The van der Waals surface area contributed by atoms with E-state index in [-0.39, 0.29) is 5.41 Å². The molecule has 0 spiro atoms. The largest absolute Gasteiger partial charge is 0.496 e. The molecule has 1 aliphatic heterocycles. The van der Waals surface area contributed by atoms with Gasteiger partial charge in [0.05, 0.1) is 12.5 Å². The molecule has 0 aliphatic carbocycles. The van der Waals surface area contributed by atoms with Crippen molar-refractivity contribution in [3.63, 3.8) is 0 Å². The molecule has 5 nitrogen and oxygen atoms in total. The van der Waals surface area contributed by atoms with E-state index in [0.29, 0.717) is 12.2 Å². The summed E-state index contributed by atoms with van der Waals surface area (Å²) in [4.78, 5) is 7.18. The zero-order valence-corrected chi connectivity index (χ0v) is 15.9. The van der Waals surface area contributed by atoms with Crippen molar-refractivity contribution in [3.8, 4) is 5.75 Å². The molecule has 5 heteroatoms. The summed E-state index contributed by atoms with van der Waals surface area (Å²) >= 11 is 0. The number of likely N-dealkylation sites (tertiary alicyclic amines) is 1. The van der Waals surface area contributed by atoms with Crippen LogP contribution < -0.4 is 4.74 Å². The van der Waals surface area contributed by atoms with Gasteiger partial charge < -0.3 is 14.2 Å². The Bertz CT molecular complexity index is 883. The van der Waals surface area contributed by atoms with Gasteiger partial charge in [-0.05, 0) is 44.6 Å². The van der Waals surface area contributed by atoms with E-state index >= 15 is 0 Å². The van der Waals surface area contributed by atoms with Crippen LogP contribution in [0.25, 0.3) is 0 Å². The molecule has 1 saturated heterocycles. The number of methoxy groups -OCH3 is 1. The van der Waals surface area contributed by atoms with Gasteiger partial charge >= 0.3 is 0 Å². The smallest absolute Gasteiger partial charge is 0.237 e. The molecular weight excluding hydrogens is 338 g/mol. The maximum atomic E-state index is 5.82. The third-order valence-electron chi connectivity index (χ3n) is 5.59. The van der Waals surface area contributed by atoms with E-state index in [1.807, 2.05) is 30.3 Å². The summed E-state index contributed by atoms with van der Waals surface area (Å²) < 4.78 is 11.3. The molecule has 3 aromatic rings. The van der Waals surface area contributed by atoms with E-state index in [2.05, 4.69) is 41.4 Å². The lowest BCUT2D eigenvalue weighted by Gasteiger charge is -2.38. The zero-order chi connectivity index (χ0) is 18.7. The molecule has 0 radical (unpaired) electrons. The summed E-state index contributed by atoms with van der Waals surface area (Å²) in [5.41, 5.74) is 2.11. The van der Waals surface area contributed by atoms with Crippen molar-refractivity contribution in [1.82, 2.24) is 15.0 Å². The minimum absolute atomic E-state index is 0.209. The van der Waals surface area contributed by atoms with Crippen molar-refractivity contribution in [3.05, 3.63) is 77.4 Å². The second-order valence-electron chi connectivity index (χ2n) is 7.26. The Morgan fingerprint density at radius 2 is 1.74 bits per heavy atom. The van der Waals surface area contributed by atoms with Gasteiger partial charge in [0.2, 0.25) is 5.89 Å². The molecule has 27 heavy (non-hydrogen) atoms. The van der Waals surface area contributed by atoms with Crippen molar-refractivity contribution in [1.29, 1.82) is 0 Å². The van der Waals surface area contributed by atoms with Gasteiger partial charge in [-0.2, -0.15) is 4.98 Å². The first-order chi connectivity index (χ1) is 13.2. The highest BCUT2D eigenvalue weighted by atomic mass is 16.5. The number of ether oxygens (including phenoxy) is 1. The highest BCUT2D eigenvalue weighted by Gasteiger charge is 2.42. The predicted octanol–water partition coefficient (Wildman–Crippen LogP) is 3.68. The van der Waals surface area contributed by atoms with Crippen LogP contribution in [0, 0.1) is 0 Å². The monoisotopic (exact) mass is 363 g/mol. The van der Waals surface area contributed by atoms with Crippen molar-refractivity contribution < 1.29 is 9.26 Å². The van der Waals surface area contributed by atoms with Crippen LogP contribution in [0.15, 0.2) is 59.1 Å². The fourth-order valence-electron chi connectivity index (χ4n) is 3.92. The lowest BCUT2D eigenvalue weighted by Crippen LogP contribution is -2.41. The number of para-hydroxylation sites is 1. The molecule has 1 aromatic heterocycles. The van der Waals surface area contributed by atoms with Crippen LogP contribution in [0.2, 0.25) is 0 Å². The van der Waals surface area contributed by atoms with E-state index in [1.54, 1.807) is 7.11 Å². The normalized spacial score (nSPS) is 17.0. The summed E-state index contributed by atoms with van der Waals surface area (Å²) in [6, 6.07) is 18.5. The van der Waals surface area contributed by atoms with Gasteiger partial charge in [-0.3, -0.25) is 0 Å². The molecule has 2 aromatic carbocycles. The maximum absolute atomic E-state index is 5.82. The zero-order valence-electron chi connectivity index (χ0n) is 15.9. The molecule has 0 bridgehead atoms. The molecule has 0 unspecified atom stereocenters. The Kier molecular flexibility index (Phi) is 4.94. The van der Waals surface area contributed by atoms with Crippen molar-refractivity contribution >= 4 is 0 Å². The number of benzene rings is 2. The Balaban J connectivity index is 1.66. The molecule has 0 atom stereocenters. The van der Waals surface area contributed by atoms with Gasteiger partial charge in [-0.1, -0.05) is 53.7 Å². The summed E-state index contributed by atoms with van der Waals surface area (Å²) in [5, 5.41) is 4.30. The van der Waals surface area contributed by atoms with E-state index < -0.39 is 0 Å². The van der Waals surface area contributed by atoms with Crippen LogP contribution in [-0.4, -0.2) is 42.3 Å². The molecule has 0 N–H and O–H groups in total. The van der Waals surface area contributed by atoms with Crippen LogP contribution in [0.3, 0.4) is 0 Å². The van der Waals surface area contributed by atoms with Crippen LogP contribution in [-0.2, 0) is 11.8 Å². The standard InChI is InChI=1S/C22H25N3O2/c1-25-14-12-22(13-15-25,18-9-4-3-5-10-18)21-23-20(24-27-21)16-17-8-6-7-11-19(17)26-2/h3-11H,12-16H2,1-2H3. The Labute approximate surface area is 160 Å². The number of nitrogens with zero attached hydrogens (tertiary/aromatic N) is 3. The number of hydrogen-bond acceptors (Lipinski definition) is 5. The molecule has 0 amide bonds. The van der Waals surface area contributed by atoms with Gasteiger partial charge in [0.25, 0.3) is 0 Å². The fourth-order valence-corrected chi connectivity index (χ4v) is 3.92. The molecule has 0 saturated carbocycles. The number of piperidine rings is 1. The van der Waals surface area contributed by atoms with Gasteiger partial charge in [0.15, 0.2) is 5.82 Å². The van der Waals surface area contributed by atoms with Crippen LogP contribution in [0.4, 0.5) is 0 Å². The predicted molar refractivity (Wildman–Crippen MR) is 104 cm³/mol. The van der Waals surface area contributed by atoms with Crippen molar-refractivity contribution in [2.75, 3.05) is 27.2 Å². The van der Waals surface area contributed by atoms with Crippen LogP contribution in [0.1, 0.15) is 35.7 Å². The third-order valence-corrected chi connectivity index (χ3v) is 5.59. The van der Waals surface area contributed by atoms with Gasteiger partial charge in [0, 0.05) is 12.0 Å². The van der Waals surface area contributed by atoms with Crippen LogP contribution in [0.5, 0.6) is 5.75 Å². The number of hydrogen-bond donors (Lipinski definition) is 0. The minimum Gasteiger partial charge on any atom is -0.496 e. The Morgan fingerprint density at radius 1 is 1.04 bits per heavy atom. The van der Waals surface area contributed by atoms with E-state index in [0.717, 1.165) is 43.1 Å².